The number of aliphatic carboxylic acids is 1. The van der Waals surface area contributed by atoms with Gasteiger partial charge in [-0.15, -0.1) is 0 Å². The molecule has 1 saturated heterocycles. The van der Waals surface area contributed by atoms with Gasteiger partial charge < -0.3 is 20.4 Å². The van der Waals surface area contributed by atoms with Gasteiger partial charge in [-0.05, 0) is 33.6 Å². The lowest BCUT2D eigenvalue weighted by Crippen LogP contribution is -2.52. The molecule has 6 heteroatoms. The number of amides is 2. The highest BCUT2D eigenvalue weighted by molar-refractivity contribution is 5.76. The number of rotatable bonds is 3. The molecule has 0 aliphatic carbocycles. The van der Waals surface area contributed by atoms with Gasteiger partial charge in [0.05, 0.1) is 11.5 Å². The van der Waals surface area contributed by atoms with Crippen LogP contribution in [0.25, 0.3) is 0 Å². The summed E-state index contributed by atoms with van der Waals surface area (Å²) in [5, 5.41) is 21.3. The van der Waals surface area contributed by atoms with Crippen molar-refractivity contribution in [2.45, 2.75) is 45.3 Å². The van der Waals surface area contributed by atoms with Gasteiger partial charge in [0.25, 0.3) is 0 Å². The molecule has 0 saturated carbocycles. The van der Waals surface area contributed by atoms with E-state index in [-0.39, 0.29) is 6.03 Å². The van der Waals surface area contributed by atoms with Crippen LogP contribution in [-0.4, -0.2) is 51.8 Å². The van der Waals surface area contributed by atoms with E-state index in [9.17, 15) is 14.7 Å². The molecule has 1 rings (SSSR count). The Balaban J connectivity index is 2.45. The van der Waals surface area contributed by atoms with Crippen molar-refractivity contribution < 1.29 is 19.8 Å². The number of carbonyl (C=O) groups excluding carboxylic acids is 1. The van der Waals surface area contributed by atoms with E-state index < -0.39 is 23.5 Å². The highest BCUT2D eigenvalue weighted by Gasteiger charge is 2.30. The van der Waals surface area contributed by atoms with Gasteiger partial charge in [-0.2, -0.15) is 0 Å². The zero-order valence-electron chi connectivity index (χ0n) is 11.1. The van der Waals surface area contributed by atoms with Gasteiger partial charge in [0.15, 0.2) is 0 Å². The van der Waals surface area contributed by atoms with Crippen LogP contribution < -0.4 is 5.32 Å². The first-order valence-corrected chi connectivity index (χ1v) is 6.23. The maximum absolute atomic E-state index is 11.9. The van der Waals surface area contributed by atoms with E-state index in [1.54, 1.807) is 25.7 Å². The number of carboxylic acid groups (broad SMARTS) is 1. The van der Waals surface area contributed by atoms with Gasteiger partial charge in [-0.1, -0.05) is 0 Å². The molecule has 1 aliphatic rings. The number of hydrogen-bond acceptors (Lipinski definition) is 3. The summed E-state index contributed by atoms with van der Waals surface area (Å²) in [5.41, 5.74) is -0.698. The monoisotopic (exact) mass is 258 g/mol. The van der Waals surface area contributed by atoms with Crippen molar-refractivity contribution in [1.29, 1.82) is 0 Å². The largest absolute Gasteiger partial charge is 0.481 e. The van der Waals surface area contributed by atoms with Crippen LogP contribution in [0.15, 0.2) is 0 Å². The summed E-state index contributed by atoms with van der Waals surface area (Å²) in [6.45, 7) is 5.99. The molecule has 2 atom stereocenters. The molecule has 0 bridgehead atoms. The molecule has 0 aromatic carbocycles. The summed E-state index contributed by atoms with van der Waals surface area (Å²) >= 11 is 0. The fourth-order valence-electron chi connectivity index (χ4n) is 1.82. The summed E-state index contributed by atoms with van der Waals surface area (Å²) in [7, 11) is 0. The first-order valence-electron chi connectivity index (χ1n) is 6.23. The normalized spacial score (nSPS) is 22.1. The molecule has 3 N–H and O–H groups in total. The number of nitrogens with one attached hydrogen (secondary N) is 1. The average Bonchev–Trinajstić information content (AvgIpc) is 2.27. The molecule has 1 aliphatic heterocycles. The van der Waals surface area contributed by atoms with Crippen molar-refractivity contribution in [3.05, 3.63) is 0 Å². The second-order valence-electron chi connectivity index (χ2n) is 5.35. The predicted octanol–water partition coefficient (Wildman–Crippen LogP) is 0.652. The van der Waals surface area contributed by atoms with Gasteiger partial charge in [-0.3, -0.25) is 4.79 Å². The van der Waals surface area contributed by atoms with Crippen molar-refractivity contribution in [3.8, 4) is 0 Å². The van der Waals surface area contributed by atoms with Gasteiger partial charge >= 0.3 is 12.0 Å². The summed E-state index contributed by atoms with van der Waals surface area (Å²) in [4.78, 5) is 24.3. The molecule has 0 radical (unpaired) electrons. The molecular weight excluding hydrogens is 236 g/mol. The molecule has 2 unspecified atom stereocenters. The van der Waals surface area contributed by atoms with E-state index in [0.717, 1.165) is 0 Å². The van der Waals surface area contributed by atoms with Crippen LogP contribution in [0.4, 0.5) is 4.79 Å². The quantitative estimate of drug-likeness (QED) is 0.693. The van der Waals surface area contributed by atoms with E-state index in [4.69, 9.17) is 5.11 Å². The first-order chi connectivity index (χ1) is 8.23. The first kappa shape index (κ1) is 14.8. The molecule has 2 amide bonds. The second kappa shape index (κ2) is 5.56. The summed E-state index contributed by atoms with van der Waals surface area (Å²) < 4.78 is 0. The summed E-state index contributed by atoms with van der Waals surface area (Å²) in [6.07, 6.45) is 1.09. The Morgan fingerprint density at radius 3 is 2.22 bits per heavy atom. The van der Waals surface area contributed by atoms with Crippen molar-refractivity contribution in [1.82, 2.24) is 10.2 Å². The van der Waals surface area contributed by atoms with E-state index in [2.05, 4.69) is 5.32 Å². The summed E-state index contributed by atoms with van der Waals surface area (Å²) in [6, 6.07) is -0.677. The molecule has 6 nitrogen and oxygen atoms in total. The van der Waals surface area contributed by atoms with Gasteiger partial charge in [0, 0.05) is 19.1 Å². The molecule has 1 heterocycles. The van der Waals surface area contributed by atoms with Crippen LogP contribution in [0, 0.1) is 5.92 Å². The SMILES string of the molecule is CC(NC(=O)N1CCC(C)(O)CC1)C(C)C(=O)O. The molecular formula is C12H22N2O4. The smallest absolute Gasteiger partial charge is 0.317 e. The third-order valence-corrected chi connectivity index (χ3v) is 3.62. The number of aliphatic hydroxyl groups is 1. The molecule has 0 aromatic heterocycles. The van der Waals surface area contributed by atoms with Crippen molar-refractivity contribution in [2.75, 3.05) is 13.1 Å². The zero-order valence-corrected chi connectivity index (χ0v) is 11.1. The maximum Gasteiger partial charge on any atom is 0.317 e. The zero-order chi connectivity index (χ0) is 13.9. The molecule has 18 heavy (non-hydrogen) atoms. The maximum atomic E-state index is 11.9. The molecule has 1 fully saturated rings. The number of carboxylic acids is 1. The Hall–Kier alpha value is -1.30. The lowest BCUT2D eigenvalue weighted by Gasteiger charge is -2.36. The van der Waals surface area contributed by atoms with Crippen LogP contribution in [0.1, 0.15) is 33.6 Å². The highest BCUT2D eigenvalue weighted by atomic mass is 16.4. The molecule has 104 valence electrons. The van der Waals surface area contributed by atoms with Crippen LogP contribution in [0.5, 0.6) is 0 Å². The Bertz CT molecular complexity index is 320. The van der Waals surface area contributed by atoms with E-state index in [0.29, 0.717) is 25.9 Å². The van der Waals surface area contributed by atoms with Gasteiger partial charge in [-0.25, -0.2) is 4.79 Å². The second-order valence-corrected chi connectivity index (χ2v) is 5.35. The summed E-state index contributed by atoms with van der Waals surface area (Å²) in [5.74, 6) is -1.55. The number of hydrogen-bond donors (Lipinski definition) is 3. The predicted molar refractivity (Wildman–Crippen MR) is 66.2 cm³/mol. The van der Waals surface area contributed by atoms with Crippen molar-refractivity contribution in [3.63, 3.8) is 0 Å². The Morgan fingerprint density at radius 2 is 1.78 bits per heavy atom. The molecule has 0 aromatic rings. The average molecular weight is 258 g/mol. The minimum absolute atomic E-state index is 0.258. The van der Waals surface area contributed by atoms with Gasteiger partial charge in [0.1, 0.15) is 0 Å². The fraction of sp³-hybridized carbons (Fsp3) is 0.833. The molecule has 0 spiro atoms. The van der Waals surface area contributed by atoms with Crippen molar-refractivity contribution in [2.24, 2.45) is 5.92 Å². The topological polar surface area (TPSA) is 89.9 Å². The standard InChI is InChI=1S/C12H22N2O4/c1-8(10(15)16)9(2)13-11(17)14-6-4-12(3,18)5-7-14/h8-9,18H,4-7H2,1-3H3,(H,13,17)(H,15,16). The minimum atomic E-state index is -0.927. The Kier molecular flexibility index (Phi) is 4.56. The van der Waals surface area contributed by atoms with E-state index in [1.165, 1.54) is 0 Å². The third-order valence-electron chi connectivity index (χ3n) is 3.62. The van der Waals surface area contributed by atoms with Crippen LogP contribution >= 0.6 is 0 Å². The van der Waals surface area contributed by atoms with Crippen LogP contribution in [0.3, 0.4) is 0 Å². The highest BCUT2D eigenvalue weighted by Crippen LogP contribution is 2.21. The Labute approximate surface area is 107 Å². The van der Waals surface area contributed by atoms with E-state index >= 15 is 0 Å². The number of urea groups is 1. The third kappa shape index (κ3) is 3.87. The van der Waals surface area contributed by atoms with E-state index in [1.807, 2.05) is 0 Å². The fourth-order valence-corrected chi connectivity index (χ4v) is 1.82. The number of piperidine rings is 1. The lowest BCUT2D eigenvalue weighted by molar-refractivity contribution is -0.141. The minimum Gasteiger partial charge on any atom is -0.481 e. The van der Waals surface area contributed by atoms with Crippen LogP contribution in [-0.2, 0) is 4.79 Å². The Morgan fingerprint density at radius 1 is 1.28 bits per heavy atom. The number of likely N-dealkylation sites (tertiary alicyclic amines) is 1. The number of nitrogens with zero attached hydrogens (tertiary/aromatic N) is 1. The van der Waals surface area contributed by atoms with Crippen LogP contribution in [0.2, 0.25) is 0 Å². The van der Waals surface area contributed by atoms with Crippen molar-refractivity contribution >= 4 is 12.0 Å². The lowest BCUT2D eigenvalue weighted by atomic mass is 9.94. The number of carbonyl (C=O) groups is 2. The van der Waals surface area contributed by atoms with Gasteiger partial charge in [0.2, 0.25) is 0 Å².